The van der Waals surface area contributed by atoms with Crippen molar-refractivity contribution in [3.63, 3.8) is 0 Å². The van der Waals surface area contributed by atoms with E-state index in [4.69, 9.17) is 4.74 Å². The topological polar surface area (TPSA) is 12.5 Å². The smallest absolute Gasteiger partial charge is 0.0594 e. The van der Waals surface area contributed by atoms with Gasteiger partial charge in [-0.15, -0.1) is 0 Å². The van der Waals surface area contributed by atoms with Crippen molar-refractivity contribution in [3.8, 4) is 0 Å². The molecule has 0 radical (unpaired) electrons. The van der Waals surface area contributed by atoms with E-state index < -0.39 is 0 Å². The van der Waals surface area contributed by atoms with E-state index in [0.29, 0.717) is 5.41 Å². The maximum atomic E-state index is 5.46. The number of hydrogen-bond acceptors (Lipinski definition) is 2. The van der Waals surface area contributed by atoms with Gasteiger partial charge < -0.3 is 4.74 Å². The molecular weight excluding hydrogens is 198 g/mol. The Labute approximate surface area is 99.3 Å². The quantitative estimate of drug-likeness (QED) is 0.677. The molecule has 1 heterocycles. The van der Waals surface area contributed by atoms with Crippen molar-refractivity contribution in [1.29, 1.82) is 0 Å². The average molecular weight is 223 g/mol. The summed E-state index contributed by atoms with van der Waals surface area (Å²) >= 11 is 0. The monoisotopic (exact) mass is 223 g/mol. The van der Waals surface area contributed by atoms with E-state index in [1.165, 1.54) is 12.8 Å². The molecule has 4 rings (SSSR count). The van der Waals surface area contributed by atoms with Crippen molar-refractivity contribution in [2.24, 2.45) is 23.2 Å². The highest BCUT2D eigenvalue weighted by Crippen LogP contribution is 2.61. The van der Waals surface area contributed by atoms with Gasteiger partial charge in [0.25, 0.3) is 0 Å². The fraction of sp³-hybridized carbons (Fsp3) is 1.00. The van der Waals surface area contributed by atoms with Crippen molar-refractivity contribution in [3.05, 3.63) is 0 Å². The number of ether oxygens (including phenoxy) is 1. The molecule has 1 aliphatic heterocycles. The lowest BCUT2D eigenvalue weighted by molar-refractivity contribution is -0.147. The van der Waals surface area contributed by atoms with E-state index in [0.717, 1.165) is 50.1 Å². The molecule has 3 aliphatic carbocycles. The van der Waals surface area contributed by atoms with Gasteiger partial charge in [0, 0.05) is 19.1 Å². The minimum Gasteiger partial charge on any atom is -0.379 e. The van der Waals surface area contributed by atoms with Crippen LogP contribution in [0.15, 0.2) is 0 Å². The van der Waals surface area contributed by atoms with Crippen LogP contribution < -0.4 is 0 Å². The van der Waals surface area contributed by atoms with E-state index in [-0.39, 0.29) is 0 Å². The highest BCUT2D eigenvalue weighted by molar-refractivity contribution is 5.07. The molecule has 2 nitrogen and oxygen atoms in total. The first-order valence-corrected chi connectivity index (χ1v) is 6.92. The Kier molecular flexibility index (Phi) is 2.56. The molecule has 4 fully saturated rings. The Morgan fingerprint density at radius 2 is 1.81 bits per heavy atom. The summed E-state index contributed by atoms with van der Waals surface area (Å²) in [6.07, 6.45) is 2.93. The van der Waals surface area contributed by atoms with Gasteiger partial charge in [-0.05, 0) is 36.0 Å². The molecule has 0 N–H and O–H groups in total. The SMILES string of the molecule is CC1C(N2CCOCC2)CC2CC1C2(C)C. The zero-order valence-corrected chi connectivity index (χ0v) is 10.9. The average Bonchev–Trinajstić information content (AvgIpc) is 2.29. The van der Waals surface area contributed by atoms with Crippen LogP contribution in [0, 0.1) is 23.2 Å². The van der Waals surface area contributed by atoms with Gasteiger partial charge in [-0.1, -0.05) is 20.8 Å². The molecule has 4 unspecified atom stereocenters. The first-order valence-electron chi connectivity index (χ1n) is 6.92. The predicted octanol–water partition coefficient (Wildman–Crippen LogP) is 2.39. The third kappa shape index (κ3) is 1.46. The fourth-order valence-corrected chi connectivity index (χ4v) is 4.51. The molecule has 0 spiro atoms. The summed E-state index contributed by atoms with van der Waals surface area (Å²) in [4.78, 5) is 2.70. The van der Waals surface area contributed by atoms with Crippen LogP contribution in [0.5, 0.6) is 0 Å². The van der Waals surface area contributed by atoms with E-state index in [1.807, 2.05) is 0 Å². The molecule has 3 saturated carbocycles. The van der Waals surface area contributed by atoms with Crippen molar-refractivity contribution >= 4 is 0 Å². The second-order valence-corrected chi connectivity index (χ2v) is 6.67. The summed E-state index contributed by atoms with van der Waals surface area (Å²) in [5.74, 6) is 2.85. The predicted molar refractivity (Wildman–Crippen MR) is 65.3 cm³/mol. The van der Waals surface area contributed by atoms with Crippen LogP contribution in [-0.4, -0.2) is 37.2 Å². The Hall–Kier alpha value is -0.0800. The Balaban J connectivity index is 1.70. The Morgan fingerprint density at radius 1 is 1.12 bits per heavy atom. The lowest BCUT2D eigenvalue weighted by Crippen LogP contribution is -2.61. The van der Waals surface area contributed by atoms with Crippen LogP contribution in [0.4, 0.5) is 0 Å². The van der Waals surface area contributed by atoms with Gasteiger partial charge in [-0.3, -0.25) is 4.90 Å². The first kappa shape index (κ1) is 11.0. The van der Waals surface area contributed by atoms with Crippen molar-refractivity contribution < 1.29 is 4.74 Å². The zero-order valence-electron chi connectivity index (χ0n) is 10.9. The third-order valence-electron chi connectivity index (χ3n) is 5.83. The van der Waals surface area contributed by atoms with Crippen LogP contribution in [-0.2, 0) is 4.74 Å². The van der Waals surface area contributed by atoms with Crippen LogP contribution in [0.1, 0.15) is 33.6 Å². The molecule has 0 aromatic rings. The molecular formula is C14H25NO. The van der Waals surface area contributed by atoms with Gasteiger partial charge in [-0.25, -0.2) is 0 Å². The van der Waals surface area contributed by atoms with Gasteiger partial charge in [0.2, 0.25) is 0 Å². The summed E-state index contributed by atoms with van der Waals surface area (Å²) in [6.45, 7) is 11.7. The van der Waals surface area contributed by atoms with Crippen LogP contribution in [0.3, 0.4) is 0 Å². The highest BCUT2D eigenvalue weighted by Gasteiger charge is 2.57. The second kappa shape index (κ2) is 3.71. The molecule has 2 heteroatoms. The first-order chi connectivity index (χ1) is 7.60. The minimum atomic E-state index is 0.627. The fourth-order valence-electron chi connectivity index (χ4n) is 4.51. The van der Waals surface area contributed by atoms with Crippen molar-refractivity contribution in [1.82, 2.24) is 4.90 Å². The molecule has 4 aliphatic rings. The highest BCUT2D eigenvalue weighted by atomic mass is 16.5. The van der Waals surface area contributed by atoms with Crippen molar-refractivity contribution in [2.45, 2.75) is 39.7 Å². The lowest BCUT2D eigenvalue weighted by Gasteiger charge is -2.63. The maximum absolute atomic E-state index is 5.46. The van der Waals surface area contributed by atoms with E-state index in [2.05, 4.69) is 25.7 Å². The summed E-state index contributed by atoms with van der Waals surface area (Å²) in [6, 6.07) is 0.848. The summed E-state index contributed by atoms with van der Waals surface area (Å²) in [5.41, 5.74) is 0.627. The minimum absolute atomic E-state index is 0.627. The largest absolute Gasteiger partial charge is 0.379 e. The van der Waals surface area contributed by atoms with Gasteiger partial charge in [0.15, 0.2) is 0 Å². The van der Waals surface area contributed by atoms with Crippen LogP contribution >= 0.6 is 0 Å². The van der Waals surface area contributed by atoms with Gasteiger partial charge in [-0.2, -0.15) is 0 Å². The van der Waals surface area contributed by atoms with Crippen molar-refractivity contribution in [2.75, 3.05) is 26.3 Å². The normalized spacial score (nSPS) is 47.4. The van der Waals surface area contributed by atoms with Gasteiger partial charge in [0.1, 0.15) is 0 Å². The number of morpholine rings is 1. The van der Waals surface area contributed by atoms with E-state index in [9.17, 15) is 0 Å². The second-order valence-electron chi connectivity index (χ2n) is 6.67. The van der Waals surface area contributed by atoms with Crippen LogP contribution in [0.25, 0.3) is 0 Å². The maximum Gasteiger partial charge on any atom is 0.0594 e. The summed E-state index contributed by atoms with van der Waals surface area (Å²) < 4.78 is 5.46. The Bertz CT molecular complexity index is 270. The van der Waals surface area contributed by atoms with E-state index >= 15 is 0 Å². The molecule has 1 saturated heterocycles. The zero-order chi connectivity index (χ0) is 11.3. The van der Waals surface area contributed by atoms with E-state index in [1.54, 1.807) is 0 Å². The summed E-state index contributed by atoms with van der Waals surface area (Å²) in [7, 11) is 0. The number of fused-ring (bicyclic) bond motifs is 2. The standard InChI is InChI=1S/C14H25NO/c1-10-12-8-11(14(12,2)3)9-13(10)15-4-6-16-7-5-15/h10-13H,4-9H2,1-3H3. The molecule has 2 bridgehead atoms. The summed E-state index contributed by atoms with van der Waals surface area (Å²) in [5, 5.41) is 0. The molecule has 92 valence electrons. The Morgan fingerprint density at radius 3 is 2.38 bits per heavy atom. The molecule has 4 atom stereocenters. The van der Waals surface area contributed by atoms with Gasteiger partial charge >= 0.3 is 0 Å². The number of nitrogens with zero attached hydrogens (tertiary/aromatic N) is 1. The molecule has 0 aromatic heterocycles. The lowest BCUT2D eigenvalue weighted by atomic mass is 9.44. The third-order valence-corrected chi connectivity index (χ3v) is 5.83. The number of hydrogen-bond donors (Lipinski definition) is 0. The molecule has 0 amide bonds. The molecule has 0 aromatic carbocycles. The van der Waals surface area contributed by atoms with Gasteiger partial charge in [0.05, 0.1) is 13.2 Å². The number of rotatable bonds is 1. The molecule has 16 heavy (non-hydrogen) atoms. The van der Waals surface area contributed by atoms with Crippen LogP contribution in [0.2, 0.25) is 0 Å².